The van der Waals surface area contributed by atoms with Gasteiger partial charge in [0.15, 0.2) is 0 Å². The van der Waals surface area contributed by atoms with Gasteiger partial charge in [-0.15, -0.1) is 0 Å². The zero-order valence-electron chi connectivity index (χ0n) is 20.3. The average molecular weight is 516 g/mol. The third-order valence-corrected chi connectivity index (χ3v) is 7.77. The summed E-state index contributed by atoms with van der Waals surface area (Å²) in [6.45, 7) is 0. The van der Waals surface area contributed by atoms with E-state index >= 15 is 0 Å². The standard InChI is InChI=1S/C28H29N5O3S/c29-26-31-27(30)33(28(32-26)17-5-2-6-18-28)24-16-15-23(25(19-24)37(34,35)36)14-11-20-9-12-22(13-10-20)21-7-3-1-4-8-21/h1,3-4,7-16,19H,2,5-6,17-18H2,(H,34,35,36)(H4,29,30,31,32). The highest BCUT2D eigenvalue weighted by Gasteiger charge is 2.42. The molecule has 1 saturated carbocycles. The van der Waals surface area contributed by atoms with Gasteiger partial charge in [0.2, 0.25) is 11.9 Å². The molecule has 5 N–H and O–H groups in total. The molecule has 0 saturated heterocycles. The van der Waals surface area contributed by atoms with E-state index in [1.54, 1.807) is 23.1 Å². The molecule has 0 bridgehead atoms. The largest absolute Gasteiger partial charge is 0.369 e. The van der Waals surface area contributed by atoms with Crippen LogP contribution < -0.4 is 16.4 Å². The first-order chi connectivity index (χ1) is 17.7. The molecule has 5 rings (SSSR count). The first-order valence-corrected chi connectivity index (χ1v) is 13.6. The summed E-state index contributed by atoms with van der Waals surface area (Å²) in [5.74, 6) is 0.265. The van der Waals surface area contributed by atoms with Crippen LogP contribution in [0.4, 0.5) is 5.69 Å². The van der Waals surface area contributed by atoms with E-state index in [0.29, 0.717) is 24.1 Å². The topological polar surface area (TPSA) is 134 Å². The molecule has 1 heterocycles. The Bertz CT molecular complexity index is 1490. The second-order valence-electron chi connectivity index (χ2n) is 9.34. The summed E-state index contributed by atoms with van der Waals surface area (Å²) in [6, 6.07) is 22.8. The highest BCUT2D eigenvalue weighted by Crippen LogP contribution is 2.40. The van der Waals surface area contributed by atoms with Crippen molar-refractivity contribution in [2.45, 2.75) is 42.7 Å². The number of anilines is 1. The summed E-state index contributed by atoms with van der Waals surface area (Å²) in [6.07, 6.45) is 7.87. The molecule has 1 fully saturated rings. The Morgan fingerprint density at radius 1 is 0.865 bits per heavy atom. The third-order valence-electron chi connectivity index (χ3n) is 6.86. The van der Waals surface area contributed by atoms with Gasteiger partial charge in [0, 0.05) is 5.69 Å². The van der Waals surface area contributed by atoms with E-state index in [0.717, 1.165) is 36.0 Å². The number of hydrogen-bond acceptors (Lipinski definition) is 7. The molecule has 0 amide bonds. The molecule has 37 heavy (non-hydrogen) atoms. The Hall–Kier alpha value is -3.95. The second kappa shape index (κ2) is 9.84. The fraction of sp³-hybridized carbons (Fsp3) is 0.214. The van der Waals surface area contributed by atoms with Gasteiger partial charge in [0.1, 0.15) is 10.6 Å². The minimum atomic E-state index is -4.53. The summed E-state index contributed by atoms with van der Waals surface area (Å²) in [5.41, 5.74) is 15.4. The van der Waals surface area contributed by atoms with Gasteiger partial charge in [-0.3, -0.25) is 9.45 Å². The summed E-state index contributed by atoms with van der Waals surface area (Å²) < 4.78 is 34.9. The molecule has 1 aliphatic carbocycles. The number of guanidine groups is 2. The average Bonchev–Trinajstić information content (AvgIpc) is 2.88. The van der Waals surface area contributed by atoms with Crippen molar-refractivity contribution in [3.8, 4) is 11.1 Å². The van der Waals surface area contributed by atoms with Crippen LogP contribution in [-0.4, -0.2) is 30.6 Å². The van der Waals surface area contributed by atoms with E-state index < -0.39 is 15.8 Å². The zero-order chi connectivity index (χ0) is 26.0. The van der Waals surface area contributed by atoms with Crippen LogP contribution in [0.5, 0.6) is 0 Å². The van der Waals surface area contributed by atoms with Crippen molar-refractivity contribution in [3.05, 3.63) is 83.9 Å². The van der Waals surface area contributed by atoms with E-state index in [-0.39, 0.29) is 16.8 Å². The van der Waals surface area contributed by atoms with Crippen molar-refractivity contribution in [2.75, 3.05) is 4.90 Å². The normalized spacial score (nSPS) is 17.6. The van der Waals surface area contributed by atoms with Crippen LogP contribution in [-0.2, 0) is 10.1 Å². The van der Waals surface area contributed by atoms with Gasteiger partial charge in [-0.05, 0) is 60.1 Å². The molecule has 190 valence electrons. The number of nitrogens with two attached hydrogens (primary N) is 2. The first kappa shape index (κ1) is 24.7. The van der Waals surface area contributed by atoms with Gasteiger partial charge in [-0.2, -0.15) is 13.4 Å². The van der Waals surface area contributed by atoms with Crippen LogP contribution in [0, 0.1) is 0 Å². The summed E-state index contributed by atoms with van der Waals surface area (Å²) in [4.78, 5) is 10.3. The van der Waals surface area contributed by atoms with Crippen molar-refractivity contribution in [2.24, 2.45) is 21.5 Å². The van der Waals surface area contributed by atoms with Crippen LogP contribution in [0.25, 0.3) is 23.3 Å². The first-order valence-electron chi connectivity index (χ1n) is 12.2. The lowest BCUT2D eigenvalue weighted by Crippen LogP contribution is -2.58. The minimum Gasteiger partial charge on any atom is -0.369 e. The van der Waals surface area contributed by atoms with E-state index in [1.807, 2.05) is 60.7 Å². The van der Waals surface area contributed by atoms with E-state index in [1.165, 1.54) is 6.07 Å². The Morgan fingerprint density at radius 2 is 1.54 bits per heavy atom. The molecule has 1 aliphatic heterocycles. The maximum absolute atomic E-state index is 12.4. The third kappa shape index (κ3) is 5.14. The van der Waals surface area contributed by atoms with Crippen LogP contribution in [0.2, 0.25) is 0 Å². The molecule has 2 aliphatic rings. The highest BCUT2D eigenvalue weighted by atomic mass is 32.2. The Kier molecular flexibility index (Phi) is 6.57. The number of hydrogen-bond donors (Lipinski definition) is 3. The van der Waals surface area contributed by atoms with Crippen LogP contribution in [0.15, 0.2) is 87.7 Å². The predicted molar refractivity (Wildman–Crippen MR) is 149 cm³/mol. The molecule has 9 heteroatoms. The lowest BCUT2D eigenvalue weighted by molar-refractivity contribution is 0.305. The molecule has 1 spiro atoms. The monoisotopic (exact) mass is 515 g/mol. The highest BCUT2D eigenvalue weighted by molar-refractivity contribution is 7.86. The fourth-order valence-corrected chi connectivity index (χ4v) is 5.82. The molecule has 3 aromatic carbocycles. The molecule has 0 unspecified atom stereocenters. The lowest BCUT2D eigenvalue weighted by atomic mass is 9.87. The smallest absolute Gasteiger partial charge is 0.295 e. The Balaban J connectivity index is 1.48. The molecule has 0 atom stereocenters. The summed E-state index contributed by atoms with van der Waals surface area (Å²) in [5, 5.41) is 0. The van der Waals surface area contributed by atoms with Gasteiger partial charge in [0.25, 0.3) is 10.1 Å². The molecule has 3 aromatic rings. The van der Waals surface area contributed by atoms with E-state index in [2.05, 4.69) is 9.98 Å². The van der Waals surface area contributed by atoms with Gasteiger partial charge < -0.3 is 11.5 Å². The Morgan fingerprint density at radius 3 is 2.22 bits per heavy atom. The maximum Gasteiger partial charge on any atom is 0.295 e. The molecule has 0 radical (unpaired) electrons. The lowest BCUT2D eigenvalue weighted by Gasteiger charge is -2.45. The van der Waals surface area contributed by atoms with Crippen molar-refractivity contribution in [1.82, 2.24) is 0 Å². The summed E-state index contributed by atoms with van der Waals surface area (Å²) in [7, 11) is -4.53. The quantitative estimate of drug-likeness (QED) is 0.327. The SMILES string of the molecule is NC1=NC2(CCCCC2)N(c2ccc(C=Cc3ccc(-c4ccccc4)cc3)c(S(=O)(=O)O)c2)C(N)=N1. The molecular weight excluding hydrogens is 486 g/mol. The van der Waals surface area contributed by atoms with Crippen LogP contribution in [0.3, 0.4) is 0 Å². The molecule has 8 nitrogen and oxygen atoms in total. The van der Waals surface area contributed by atoms with Crippen molar-refractivity contribution >= 4 is 39.9 Å². The number of benzene rings is 3. The fourth-order valence-electron chi connectivity index (χ4n) is 5.12. The Labute approximate surface area is 216 Å². The van der Waals surface area contributed by atoms with E-state index in [9.17, 15) is 13.0 Å². The summed E-state index contributed by atoms with van der Waals surface area (Å²) >= 11 is 0. The van der Waals surface area contributed by atoms with Gasteiger partial charge >= 0.3 is 0 Å². The second-order valence-corrected chi connectivity index (χ2v) is 10.7. The predicted octanol–water partition coefficient (Wildman–Crippen LogP) is 4.88. The van der Waals surface area contributed by atoms with Crippen LogP contribution in [0.1, 0.15) is 43.2 Å². The number of rotatable bonds is 5. The van der Waals surface area contributed by atoms with Crippen molar-refractivity contribution < 1.29 is 13.0 Å². The van der Waals surface area contributed by atoms with Gasteiger partial charge in [-0.25, -0.2) is 4.99 Å². The number of nitrogens with zero attached hydrogens (tertiary/aromatic N) is 3. The molecular formula is C28H29N5O3S. The van der Waals surface area contributed by atoms with Crippen molar-refractivity contribution in [1.29, 1.82) is 0 Å². The van der Waals surface area contributed by atoms with Crippen LogP contribution >= 0.6 is 0 Å². The number of aliphatic imine (C=N–C) groups is 2. The van der Waals surface area contributed by atoms with Crippen molar-refractivity contribution in [3.63, 3.8) is 0 Å². The zero-order valence-corrected chi connectivity index (χ0v) is 21.1. The van der Waals surface area contributed by atoms with Gasteiger partial charge in [0.05, 0.1) is 0 Å². The minimum absolute atomic E-state index is 0.114. The molecule has 0 aromatic heterocycles. The van der Waals surface area contributed by atoms with E-state index in [4.69, 9.17) is 11.5 Å². The maximum atomic E-state index is 12.4. The van der Waals surface area contributed by atoms with Gasteiger partial charge in [-0.1, -0.05) is 79.2 Å².